The van der Waals surface area contributed by atoms with Crippen molar-refractivity contribution in [1.82, 2.24) is 0 Å². The fourth-order valence-corrected chi connectivity index (χ4v) is 2.04. The van der Waals surface area contributed by atoms with Crippen molar-refractivity contribution in [2.75, 3.05) is 11.1 Å². The van der Waals surface area contributed by atoms with Crippen LogP contribution in [0.15, 0.2) is 36.4 Å². The van der Waals surface area contributed by atoms with Gasteiger partial charge in [0.25, 0.3) is 0 Å². The lowest BCUT2D eigenvalue weighted by molar-refractivity contribution is 1.43. The van der Waals surface area contributed by atoms with Crippen molar-refractivity contribution in [2.24, 2.45) is 0 Å². The van der Waals surface area contributed by atoms with Gasteiger partial charge in [-0.25, -0.2) is 0 Å². The summed E-state index contributed by atoms with van der Waals surface area (Å²) in [5, 5.41) is 4.40. The lowest BCUT2D eigenvalue weighted by Gasteiger charge is -2.13. The van der Waals surface area contributed by atoms with Gasteiger partial charge in [-0.2, -0.15) is 0 Å². The van der Waals surface area contributed by atoms with Gasteiger partial charge in [0, 0.05) is 5.02 Å². The summed E-state index contributed by atoms with van der Waals surface area (Å²) in [6.07, 6.45) is 0. The molecule has 0 atom stereocenters. The molecule has 2 aromatic rings. The van der Waals surface area contributed by atoms with Gasteiger partial charge in [-0.1, -0.05) is 35.3 Å². The van der Waals surface area contributed by atoms with E-state index in [9.17, 15) is 0 Å². The van der Waals surface area contributed by atoms with Crippen molar-refractivity contribution in [3.05, 3.63) is 52.0 Å². The molecule has 88 valence electrons. The Morgan fingerprint density at radius 2 is 1.88 bits per heavy atom. The summed E-state index contributed by atoms with van der Waals surface area (Å²) in [6.45, 7) is 1.99. The third-order valence-corrected chi connectivity index (χ3v) is 3.04. The minimum Gasteiger partial charge on any atom is -0.397 e. The fourth-order valence-electron chi connectivity index (χ4n) is 1.59. The quantitative estimate of drug-likeness (QED) is 0.778. The van der Waals surface area contributed by atoms with Gasteiger partial charge < -0.3 is 11.1 Å². The maximum Gasteiger partial charge on any atom is 0.0655 e. The molecule has 0 aliphatic carbocycles. The summed E-state index contributed by atoms with van der Waals surface area (Å²) in [6, 6.07) is 11.1. The van der Waals surface area contributed by atoms with E-state index in [1.165, 1.54) is 0 Å². The van der Waals surface area contributed by atoms with Crippen LogP contribution in [0.4, 0.5) is 17.1 Å². The fraction of sp³-hybridized carbons (Fsp3) is 0.0769. The number of hydrogen-bond donors (Lipinski definition) is 2. The summed E-state index contributed by atoms with van der Waals surface area (Å²) in [5.41, 5.74) is 9.33. The number of anilines is 3. The molecule has 0 aliphatic rings. The van der Waals surface area contributed by atoms with E-state index < -0.39 is 0 Å². The first kappa shape index (κ1) is 12.1. The Hall–Kier alpha value is -1.38. The van der Waals surface area contributed by atoms with Crippen LogP contribution in [0.3, 0.4) is 0 Å². The minimum atomic E-state index is 0.570. The van der Waals surface area contributed by atoms with E-state index in [1.54, 1.807) is 12.1 Å². The predicted molar refractivity (Wildman–Crippen MR) is 75.3 cm³/mol. The Morgan fingerprint density at radius 1 is 1.12 bits per heavy atom. The van der Waals surface area contributed by atoms with Crippen molar-refractivity contribution in [3.63, 3.8) is 0 Å². The molecule has 4 heteroatoms. The molecule has 0 spiro atoms. The second-order valence-electron chi connectivity index (χ2n) is 3.79. The molecule has 0 unspecified atom stereocenters. The van der Waals surface area contributed by atoms with E-state index in [0.29, 0.717) is 15.7 Å². The van der Waals surface area contributed by atoms with Crippen LogP contribution in [0.25, 0.3) is 0 Å². The molecule has 0 heterocycles. The molecule has 0 saturated carbocycles. The molecule has 0 aliphatic heterocycles. The molecular formula is C13H12Cl2N2. The molecule has 2 nitrogen and oxygen atoms in total. The number of nitrogens with two attached hydrogens (primary N) is 1. The number of benzene rings is 2. The summed E-state index contributed by atoms with van der Waals surface area (Å²) in [7, 11) is 0. The van der Waals surface area contributed by atoms with Gasteiger partial charge in [0.05, 0.1) is 22.1 Å². The topological polar surface area (TPSA) is 38.0 Å². The zero-order chi connectivity index (χ0) is 12.4. The normalized spacial score (nSPS) is 10.3. The monoisotopic (exact) mass is 266 g/mol. The smallest absolute Gasteiger partial charge is 0.0655 e. The zero-order valence-electron chi connectivity index (χ0n) is 9.30. The number of nitrogen functional groups attached to an aromatic ring is 1. The maximum atomic E-state index is 6.10. The van der Waals surface area contributed by atoms with Gasteiger partial charge in [0.15, 0.2) is 0 Å². The predicted octanol–water partition coefficient (Wildman–Crippen LogP) is 4.63. The van der Waals surface area contributed by atoms with Crippen LogP contribution in [0, 0.1) is 6.92 Å². The van der Waals surface area contributed by atoms with Crippen molar-refractivity contribution < 1.29 is 0 Å². The highest BCUT2D eigenvalue weighted by Crippen LogP contribution is 2.32. The van der Waals surface area contributed by atoms with E-state index in [1.807, 2.05) is 31.2 Å². The molecule has 2 rings (SSSR count). The summed E-state index contributed by atoms with van der Waals surface area (Å²) >= 11 is 11.9. The van der Waals surface area contributed by atoms with Crippen molar-refractivity contribution in [2.45, 2.75) is 6.92 Å². The van der Waals surface area contributed by atoms with Gasteiger partial charge in [0.2, 0.25) is 0 Å². The summed E-state index contributed by atoms with van der Waals surface area (Å²) in [4.78, 5) is 0. The molecule has 0 fully saturated rings. The van der Waals surface area contributed by atoms with Crippen LogP contribution in [0.5, 0.6) is 0 Å². The van der Waals surface area contributed by atoms with Gasteiger partial charge in [-0.15, -0.1) is 0 Å². The standard InChI is InChI=1S/C13H12Cl2N2/c1-8-3-2-4-11(16)13(8)17-12-6-5-9(14)7-10(12)15/h2-7,17H,16H2,1H3. The number of para-hydroxylation sites is 1. The van der Waals surface area contributed by atoms with Crippen LogP contribution in [0.2, 0.25) is 10.0 Å². The van der Waals surface area contributed by atoms with E-state index in [2.05, 4.69) is 5.32 Å². The highest BCUT2D eigenvalue weighted by atomic mass is 35.5. The van der Waals surface area contributed by atoms with Gasteiger partial charge >= 0.3 is 0 Å². The molecule has 0 aromatic heterocycles. The highest BCUT2D eigenvalue weighted by molar-refractivity contribution is 6.36. The largest absolute Gasteiger partial charge is 0.397 e. The Bertz CT molecular complexity index is 533. The van der Waals surface area contributed by atoms with E-state index in [-0.39, 0.29) is 0 Å². The number of rotatable bonds is 2. The molecule has 0 amide bonds. The van der Waals surface area contributed by atoms with Crippen molar-refractivity contribution >= 4 is 40.3 Å². The number of aryl methyl sites for hydroxylation is 1. The third-order valence-electron chi connectivity index (χ3n) is 2.50. The number of nitrogens with one attached hydrogen (secondary N) is 1. The van der Waals surface area contributed by atoms with Crippen LogP contribution in [-0.2, 0) is 0 Å². The highest BCUT2D eigenvalue weighted by Gasteiger charge is 2.06. The van der Waals surface area contributed by atoms with Crippen molar-refractivity contribution in [3.8, 4) is 0 Å². The molecule has 17 heavy (non-hydrogen) atoms. The average molecular weight is 267 g/mol. The zero-order valence-corrected chi connectivity index (χ0v) is 10.8. The average Bonchev–Trinajstić information content (AvgIpc) is 2.26. The summed E-state index contributed by atoms with van der Waals surface area (Å²) < 4.78 is 0. The Kier molecular flexibility index (Phi) is 3.46. The Labute approximate surface area is 110 Å². The minimum absolute atomic E-state index is 0.570. The van der Waals surface area contributed by atoms with E-state index in [0.717, 1.165) is 16.9 Å². The Balaban J connectivity index is 2.38. The number of hydrogen-bond acceptors (Lipinski definition) is 2. The summed E-state index contributed by atoms with van der Waals surface area (Å²) in [5.74, 6) is 0. The third kappa shape index (κ3) is 2.65. The van der Waals surface area contributed by atoms with Gasteiger partial charge in [0.1, 0.15) is 0 Å². The molecule has 0 radical (unpaired) electrons. The van der Waals surface area contributed by atoms with Gasteiger partial charge in [-0.05, 0) is 36.8 Å². The molecule has 0 saturated heterocycles. The molecule has 2 aromatic carbocycles. The first-order valence-corrected chi connectivity index (χ1v) is 5.90. The van der Waals surface area contributed by atoms with Crippen LogP contribution in [0.1, 0.15) is 5.56 Å². The SMILES string of the molecule is Cc1cccc(N)c1Nc1ccc(Cl)cc1Cl. The lowest BCUT2D eigenvalue weighted by atomic mass is 10.1. The second kappa shape index (κ2) is 4.86. The lowest BCUT2D eigenvalue weighted by Crippen LogP contribution is -1.98. The molecule has 3 N–H and O–H groups in total. The maximum absolute atomic E-state index is 6.10. The van der Waals surface area contributed by atoms with Crippen LogP contribution < -0.4 is 11.1 Å². The molecule has 0 bridgehead atoms. The van der Waals surface area contributed by atoms with Crippen LogP contribution >= 0.6 is 23.2 Å². The second-order valence-corrected chi connectivity index (χ2v) is 4.63. The first-order valence-electron chi connectivity index (χ1n) is 5.15. The first-order chi connectivity index (χ1) is 8.08. The molecular weight excluding hydrogens is 255 g/mol. The Morgan fingerprint density at radius 3 is 2.53 bits per heavy atom. The van der Waals surface area contributed by atoms with E-state index >= 15 is 0 Å². The van der Waals surface area contributed by atoms with E-state index in [4.69, 9.17) is 28.9 Å². The van der Waals surface area contributed by atoms with Crippen LogP contribution in [-0.4, -0.2) is 0 Å². The van der Waals surface area contributed by atoms with Gasteiger partial charge in [-0.3, -0.25) is 0 Å². The number of halogens is 2. The van der Waals surface area contributed by atoms with Crippen molar-refractivity contribution in [1.29, 1.82) is 0 Å².